The van der Waals surface area contributed by atoms with Gasteiger partial charge in [-0.1, -0.05) is 48.5 Å². The number of nitrogens with zero attached hydrogens (tertiary/aromatic N) is 1. The van der Waals surface area contributed by atoms with Crippen LogP contribution < -0.4 is 10.5 Å². The van der Waals surface area contributed by atoms with E-state index < -0.39 is 17.6 Å². The highest BCUT2D eigenvalue weighted by Gasteiger charge is 2.55. The molecule has 134 valence electrons. The summed E-state index contributed by atoms with van der Waals surface area (Å²) in [5.41, 5.74) is 6.90. The summed E-state index contributed by atoms with van der Waals surface area (Å²) in [6.07, 6.45) is 1.27. The fraction of sp³-hybridized carbons (Fsp3) is 0.333. The van der Waals surface area contributed by atoms with Crippen LogP contribution in [0.15, 0.2) is 54.6 Å². The number of piperidine rings is 1. The molecule has 2 aliphatic rings. The number of carbonyl (C=O) groups excluding carboxylic acids is 2. The van der Waals surface area contributed by atoms with Crippen LogP contribution >= 0.6 is 0 Å². The Bertz CT molecular complexity index is 851. The van der Waals surface area contributed by atoms with Crippen molar-refractivity contribution in [2.24, 2.45) is 11.7 Å². The molecular weight excluding hydrogens is 328 g/mol. The van der Waals surface area contributed by atoms with Gasteiger partial charge in [0.05, 0.1) is 0 Å². The maximum absolute atomic E-state index is 13.2. The first kappa shape index (κ1) is 16.6. The molecule has 2 bridgehead atoms. The number of rotatable bonds is 4. The van der Waals surface area contributed by atoms with Crippen LogP contribution in [0.5, 0.6) is 5.75 Å². The average molecular weight is 350 g/mol. The lowest BCUT2D eigenvalue weighted by Crippen LogP contribution is -2.64. The van der Waals surface area contributed by atoms with Crippen molar-refractivity contribution in [3.8, 4) is 5.75 Å². The van der Waals surface area contributed by atoms with Crippen LogP contribution in [-0.2, 0) is 16.0 Å². The molecule has 2 aliphatic heterocycles. The summed E-state index contributed by atoms with van der Waals surface area (Å²) < 4.78 is 6.24. The number of likely N-dealkylation sites (tertiary alicyclic amines) is 1. The number of amides is 2. The van der Waals surface area contributed by atoms with Gasteiger partial charge in [0.1, 0.15) is 11.7 Å². The molecule has 0 unspecified atom stereocenters. The van der Waals surface area contributed by atoms with Crippen LogP contribution in [0.4, 0.5) is 0 Å². The minimum atomic E-state index is -0.844. The van der Waals surface area contributed by atoms with Crippen molar-refractivity contribution in [2.45, 2.75) is 31.4 Å². The fourth-order valence-corrected chi connectivity index (χ4v) is 4.26. The van der Waals surface area contributed by atoms with Gasteiger partial charge in [-0.3, -0.25) is 9.59 Å². The molecule has 2 aromatic carbocycles. The van der Waals surface area contributed by atoms with Gasteiger partial charge in [0.25, 0.3) is 0 Å². The van der Waals surface area contributed by atoms with E-state index in [0.717, 1.165) is 16.9 Å². The first-order valence-electron chi connectivity index (χ1n) is 8.92. The highest BCUT2D eigenvalue weighted by molar-refractivity contribution is 6.01. The fourth-order valence-electron chi connectivity index (χ4n) is 4.26. The third-order valence-electron chi connectivity index (χ3n) is 5.53. The number of hydrogen-bond acceptors (Lipinski definition) is 3. The summed E-state index contributed by atoms with van der Waals surface area (Å²) in [5, 5.41) is 0. The molecule has 5 heteroatoms. The van der Waals surface area contributed by atoms with Crippen LogP contribution in [0.25, 0.3) is 0 Å². The van der Waals surface area contributed by atoms with Gasteiger partial charge in [-0.25, -0.2) is 0 Å². The lowest BCUT2D eigenvalue weighted by Gasteiger charge is -2.52. The molecule has 0 saturated carbocycles. The van der Waals surface area contributed by atoms with Gasteiger partial charge in [0, 0.05) is 18.9 Å². The highest BCUT2D eigenvalue weighted by Crippen LogP contribution is 2.49. The quantitative estimate of drug-likeness (QED) is 0.861. The summed E-state index contributed by atoms with van der Waals surface area (Å²) in [5.74, 6) is -1.15. The van der Waals surface area contributed by atoms with E-state index in [2.05, 4.69) is 0 Å². The Morgan fingerprint density at radius 2 is 1.88 bits per heavy atom. The van der Waals surface area contributed by atoms with Crippen molar-refractivity contribution in [1.82, 2.24) is 4.90 Å². The zero-order chi connectivity index (χ0) is 18.3. The summed E-state index contributed by atoms with van der Waals surface area (Å²) in [6.45, 7) is 2.41. The second kappa shape index (κ2) is 6.16. The van der Waals surface area contributed by atoms with E-state index in [1.165, 1.54) is 0 Å². The molecule has 2 aromatic rings. The minimum Gasteiger partial charge on any atom is -0.468 e. The van der Waals surface area contributed by atoms with Gasteiger partial charge in [-0.05, 0) is 30.5 Å². The molecule has 5 nitrogen and oxygen atoms in total. The van der Waals surface area contributed by atoms with Crippen molar-refractivity contribution < 1.29 is 14.3 Å². The van der Waals surface area contributed by atoms with Crippen LogP contribution in [0, 0.1) is 5.92 Å². The first-order chi connectivity index (χ1) is 12.5. The lowest BCUT2D eigenvalue weighted by molar-refractivity contribution is -0.175. The second-order valence-corrected chi connectivity index (χ2v) is 7.23. The van der Waals surface area contributed by atoms with E-state index in [9.17, 15) is 9.59 Å². The SMILES string of the molecule is C[C@@]12C[C@@H](c3ccccc3O1)[C@H](C(N)=O)C(=O)N2CCc1ccccc1. The number of hydrogen-bond donors (Lipinski definition) is 1. The number of benzene rings is 2. The van der Waals surface area contributed by atoms with E-state index in [1.807, 2.05) is 61.5 Å². The second-order valence-electron chi connectivity index (χ2n) is 7.23. The number of carbonyl (C=O) groups is 2. The van der Waals surface area contributed by atoms with E-state index in [-0.39, 0.29) is 11.8 Å². The van der Waals surface area contributed by atoms with Gasteiger partial charge < -0.3 is 15.4 Å². The maximum atomic E-state index is 13.2. The molecule has 2 N–H and O–H groups in total. The van der Waals surface area contributed by atoms with E-state index in [4.69, 9.17) is 10.5 Å². The average Bonchev–Trinajstić information content (AvgIpc) is 2.61. The number of para-hydroxylation sites is 1. The summed E-state index contributed by atoms with van der Waals surface area (Å²) in [4.78, 5) is 27.0. The van der Waals surface area contributed by atoms with Crippen molar-refractivity contribution in [2.75, 3.05) is 6.54 Å². The smallest absolute Gasteiger partial charge is 0.238 e. The Morgan fingerprint density at radius 3 is 2.62 bits per heavy atom. The topological polar surface area (TPSA) is 72.6 Å². The van der Waals surface area contributed by atoms with Gasteiger partial charge >= 0.3 is 0 Å². The van der Waals surface area contributed by atoms with E-state index in [0.29, 0.717) is 19.4 Å². The number of fused-ring (bicyclic) bond motifs is 4. The first-order valence-corrected chi connectivity index (χ1v) is 8.92. The molecule has 0 aliphatic carbocycles. The molecule has 3 atom stereocenters. The molecule has 26 heavy (non-hydrogen) atoms. The van der Waals surface area contributed by atoms with Gasteiger partial charge in [0.15, 0.2) is 5.72 Å². The minimum absolute atomic E-state index is 0.233. The van der Waals surface area contributed by atoms with Gasteiger partial charge in [-0.2, -0.15) is 0 Å². The van der Waals surface area contributed by atoms with Crippen molar-refractivity contribution in [1.29, 1.82) is 0 Å². The molecule has 4 rings (SSSR count). The lowest BCUT2D eigenvalue weighted by atomic mass is 9.73. The molecule has 2 heterocycles. The molecule has 1 fully saturated rings. The van der Waals surface area contributed by atoms with E-state index >= 15 is 0 Å². The third kappa shape index (κ3) is 2.64. The molecule has 1 saturated heterocycles. The normalized spacial score (nSPS) is 26.8. The van der Waals surface area contributed by atoms with Crippen LogP contribution in [0.1, 0.15) is 30.4 Å². The molecule has 2 amide bonds. The Hall–Kier alpha value is -2.82. The Kier molecular flexibility index (Phi) is 3.94. The zero-order valence-electron chi connectivity index (χ0n) is 14.7. The third-order valence-corrected chi connectivity index (χ3v) is 5.53. The monoisotopic (exact) mass is 350 g/mol. The Labute approximate surface area is 152 Å². The predicted molar refractivity (Wildman–Crippen MR) is 97.4 cm³/mol. The number of nitrogens with two attached hydrogens (primary N) is 1. The van der Waals surface area contributed by atoms with Gasteiger partial charge in [-0.15, -0.1) is 0 Å². The largest absolute Gasteiger partial charge is 0.468 e. The molecule has 0 radical (unpaired) electrons. The van der Waals surface area contributed by atoms with Crippen molar-refractivity contribution >= 4 is 11.8 Å². The Morgan fingerprint density at radius 1 is 1.19 bits per heavy atom. The van der Waals surface area contributed by atoms with Crippen LogP contribution in [0.2, 0.25) is 0 Å². The van der Waals surface area contributed by atoms with Crippen molar-refractivity contribution in [3.63, 3.8) is 0 Å². The standard InChI is InChI=1S/C21H22N2O3/c1-21-13-16(15-9-5-6-10-17(15)26-21)18(19(22)24)20(25)23(21)12-11-14-7-3-2-4-8-14/h2-10,16,18H,11-13H2,1H3,(H2,22,24)/t16-,18+,21-/m0/s1. The summed E-state index contributed by atoms with van der Waals surface area (Å²) in [6, 6.07) is 17.6. The zero-order valence-corrected chi connectivity index (χ0v) is 14.7. The number of ether oxygens (including phenoxy) is 1. The molecular formula is C21H22N2O3. The van der Waals surface area contributed by atoms with Gasteiger partial charge in [0.2, 0.25) is 11.8 Å². The summed E-state index contributed by atoms with van der Waals surface area (Å²) >= 11 is 0. The predicted octanol–water partition coefficient (Wildman–Crippen LogP) is 2.46. The Balaban J connectivity index is 1.69. The molecule has 0 aromatic heterocycles. The van der Waals surface area contributed by atoms with Crippen molar-refractivity contribution in [3.05, 3.63) is 65.7 Å². The van der Waals surface area contributed by atoms with E-state index in [1.54, 1.807) is 4.90 Å². The maximum Gasteiger partial charge on any atom is 0.238 e. The molecule has 0 spiro atoms. The highest BCUT2D eigenvalue weighted by atomic mass is 16.5. The van der Waals surface area contributed by atoms with Crippen LogP contribution in [0.3, 0.4) is 0 Å². The number of primary amides is 1. The summed E-state index contributed by atoms with van der Waals surface area (Å²) in [7, 11) is 0. The van der Waals surface area contributed by atoms with Crippen LogP contribution in [-0.4, -0.2) is 29.0 Å².